The number of nitrogens with two attached hydrogens (primary N) is 1. The van der Waals surface area contributed by atoms with Crippen LogP contribution in [0.15, 0.2) is 18.5 Å². The van der Waals surface area contributed by atoms with E-state index >= 15 is 0 Å². The maximum absolute atomic E-state index is 11.8. The van der Waals surface area contributed by atoms with E-state index in [4.69, 9.17) is 15.2 Å². The first-order chi connectivity index (χ1) is 11.7. The summed E-state index contributed by atoms with van der Waals surface area (Å²) in [6.45, 7) is 5.05. The smallest absolute Gasteiger partial charge is 0.308 e. The van der Waals surface area contributed by atoms with Crippen molar-refractivity contribution in [3.8, 4) is 0 Å². The first kappa shape index (κ1) is 16.2. The van der Waals surface area contributed by atoms with Crippen molar-refractivity contribution in [2.24, 2.45) is 5.92 Å². The molecule has 4 N–H and O–H groups in total. The van der Waals surface area contributed by atoms with Crippen molar-refractivity contribution in [2.75, 3.05) is 5.73 Å². The number of nitrogen functional groups attached to an aromatic ring is 1. The number of aliphatic hydroxyl groups excluding tert-OH is 1. The van der Waals surface area contributed by atoms with Gasteiger partial charge in [0.05, 0.1) is 11.6 Å². The van der Waals surface area contributed by atoms with Gasteiger partial charge in [-0.05, 0) is 19.1 Å². The summed E-state index contributed by atoms with van der Waals surface area (Å²) < 4.78 is 12.7. The molecule has 3 heterocycles. The maximum atomic E-state index is 11.8. The van der Waals surface area contributed by atoms with Gasteiger partial charge in [-0.15, -0.1) is 0 Å². The van der Waals surface area contributed by atoms with Gasteiger partial charge in [0.2, 0.25) is 0 Å². The second-order valence-electron chi connectivity index (χ2n) is 7.11. The van der Waals surface area contributed by atoms with Gasteiger partial charge in [-0.25, -0.2) is 9.50 Å². The Balaban J connectivity index is 1.65. The molecule has 2 aromatic heterocycles. The standard InChI is InChI=1S/C16H20N4O5/c1-7(2)13(21)24-10-11-16(10,23)14(22)15(3,25-11)9-5-4-8-12(17)18-6-19-20(8)9/h4-7,10-11,14,22-23H,1-3H3,(H2,17,18,19)/t10?,11-,14+,15+,16-/m1/s1. The molecule has 0 aromatic carbocycles. The molecule has 9 heteroatoms. The Bertz CT molecular complexity index is 867. The molecule has 0 spiro atoms. The van der Waals surface area contributed by atoms with Crippen molar-refractivity contribution in [3.63, 3.8) is 0 Å². The second kappa shape index (κ2) is 4.90. The first-order valence-corrected chi connectivity index (χ1v) is 8.08. The van der Waals surface area contributed by atoms with Crippen LogP contribution >= 0.6 is 0 Å². The summed E-state index contributed by atoms with van der Waals surface area (Å²) in [4.78, 5) is 15.7. The number of hydrogen-bond acceptors (Lipinski definition) is 8. The monoisotopic (exact) mass is 348 g/mol. The quantitative estimate of drug-likeness (QED) is 0.638. The van der Waals surface area contributed by atoms with Gasteiger partial charge in [0.25, 0.3) is 0 Å². The molecule has 4 rings (SSSR count). The number of aliphatic hydroxyl groups is 2. The summed E-state index contributed by atoms with van der Waals surface area (Å²) in [5, 5.41) is 25.7. The first-order valence-electron chi connectivity index (χ1n) is 8.08. The lowest BCUT2D eigenvalue weighted by atomic mass is 9.91. The van der Waals surface area contributed by atoms with Gasteiger partial charge in [-0.2, -0.15) is 5.10 Å². The van der Waals surface area contributed by atoms with E-state index in [2.05, 4.69) is 10.1 Å². The van der Waals surface area contributed by atoms with Gasteiger partial charge in [-0.3, -0.25) is 4.79 Å². The van der Waals surface area contributed by atoms with Crippen LogP contribution in [0.4, 0.5) is 5.82 Å². The van der Waals surface area contributed by atoms with Crippen LogP contribution in [0.5, 0.6) is 0 Å². The van der Waals surface area contributed by atoms with Crippen molar-refractivity contribution in [1.29, 1.82) is 0 Å². The number of ether oxygens (including phenoxy) is 2. The molecule has 9 nitrogen and oxygen atoms in total. The van der Waals surface area contributed by atoms with E-state index in [-0.39, 0.29) is 5.92 Å². The Kier molecular flexibility index (Phi) is 3.19. The van der Waals surface area contributed by atoms with Crippen LogP contribution in [0.25, 0.3) is 5.52 Å². The maximum Gasteiger partial charge on any atom is 0.308 e. The fourth-order valence-electron chi connectivity index (χ4n) is 3.51. The van der Waals surface area contributed by atoms with Crippen molar-refractivity contribution in [3.05, 3.63) is 24.2 Å². The van der Waals surface area contributed by atoms with Gasteiger partial charge in [0.15, 0.2) is 17.5 Å². The van der Waals surface area contributed by atoms with Gasteiger partial charge < -0.3 is 25.4 Å². The van der Waals surface area contributed by atoms with Gasteiger partial charge in [0, 0.05) is 0 Å². The van der Waals surface area contributed by atoms with Crippen LogP contribution in [-0.2, 0) is 19.9 Å². The third-order valence-electron chi connectivity index (χ3n) is 5.11. The average Bonchev–Trinajstić information content (AvgIpc) is 2.89. The number of carbonyl (C=O) groups excluding carboxylic acids is 1. The minimum atomic E-state index is -1.64. The molecule has 2 aromatic rings. The Labute approximate surface area is 143 Å². The number of carbonyl (C=O) groups is 1. The molecular formula is C16H20N4O5. The van der Waals surface area contributed by atoms with E-state index in [0.717, 1.165) is 0 Å². The van der Waals surface area contributed by atoms with Gasteiger partial charge in [-0.1, -0.05) is 13.8 Å². The van der Waals surface area contributed by atoms with Crippen LogP contribution in [0.2, 0.25) is 0 Å². The molecule has 1 aliphatic heterocycles. The van der Waals surface area contributed by atoms with Crippen LogP contribution < -0.4 is 5.73 Å². The fraction of sp³-hybridized carbons (Fsp3) is 0.562. The molecule has 1 unspecified atom stereocenters. The lowest BCUT2D eigenvalue weighted by molar-refractivity contribution is -0.167. The fourth-order valence-corrected chi connectivity index (χ4v) is 3.51. The SMILES string of the molecule is CC(C)C(=O)OC1[C@H]2O[C@@](C)(c3ccc4c(N)ncnn34)[C@H](O)[C@@]12O. The summed E-state index contributed by atoms with van der Waals surface area (Å²) in [6.07, 6.45) is -1.67. The summed E-state index contributed by atoms with van der Waals surface area (Å²) in [7, 11) is 0. The summed E-state index contributed by atoms with van der Waals surface area (Å²) in [5.41, 5.74) is 4.07. The van der Waals surface area contributed by atoms with E-state index in [0.29, 0.717) is 17.0 Å². The number of anilines is 1. The number of hydrogen-bond donors (Lipinski definition) is 3. The minimum absolute atomic E-state index is 0.296. The number of rotatable bonds is 3. The Morgan fingerprint density at radius 1 is 1.48 bits per heavy atom. The molecule has 0 bridgehead atoms. The zero-order valence-corrected chi connectivity index (χ0v) is 14.1. The Morgan fingerprint density at radius 3 is 2.80 bits per heavy atom. The number of esters is 1. The molecule has 1 saturated heterocycles. The Morgan fingerprint density at radius 2 is 2.20 bits per heavy atom. The highest BCUT2D eigenvalue weighted by molar-refractivity contribution is 5.72. The molecule has 5 atom stereocenters. The van der Waals surface area contributed by atoms with E-state index < -0.39 is 35.5 Å². The molecule has 2 fully saturated rings. The van der Waals surface area contributed by atoms with Crippen LogP contribution in [0.3, 0.4) is 0 Å². The van der Waals surface area contributed by atoms with Crippen LogP contribution in [-0.4, -0.2) is 54.7 Å². The zero-order chi connectivity index (χ0) is 18.1. The van der Waals surface area contributed by atoms with E-state index in [1.807, 2.05) is 0 Å². The van der Waals surface area contributed by atoms with Crippen molar-refractivity contribution >= 4 is 17.3 Å². The number of fused-ring (bicyclic) bond motifs is 2. The highest BCUT2D eigenvalue weighted by Crippen LogP contribution is 2.59. The lowest BCUT2D eigenvalue weighted by Crippen LogP contribution is -2.46. The highest BCUT2D eigenvalue weighted by Gasteiger charge is 2.82. The third-order valence-corrected chi connectivity index (χ3v) is 5.11. The number of aromatic nitrogens is 3. The molecule has 134 valence electrons. The summed E-state index contributed by atoms with van der Waals surface area (Å²) in [6, 6.07) is 3.43. The van der Waals surface area contributed by atoms with Crippen molar-refractivity contribution in [1.82, 2.24) is 14.6 Å². The molecule has 0 amide bonds. The summed E-state index contributed by atoms with van der Waals surface area (Å²) >= 11 is 0. The van der Waals surface area contributed by atoms with E-state index in [1.54, 1.807) is 32.9 Å². The molecule has 1 aliphatic carbocycles. The Hall–Kier alpha value is -2.23. The predicted molar refractivity (Wildman–Crippen MR) is 85.3 cm³/mol. The van der Waals surface area contributed by atoms with E-state index in [1.165, 1.54) is 10.8 Å². The highest BCUT2D eigenvalue weighted by atomic mass is 16.6. The largest absolute Gasteiger partial charge is 0.456 e. The number of nitrogens with zero attached hydrogens (tertiary/aromatic N) is 3. The summed E-state index contributed by atoms with van der Waals surface area (Å²) in [5.74, 6) is -0.480. The minimum Gasteiger partial charge on any atom is -0.456 e. The average molecular weight is 348 g/mol. The van der Waals surface area contributed by atoms with Crippen LogP contribution in [0.1, 0.15) is 26.5 Å². The topological polar surface area (TPSA) is 132 Å². The lowest BCUT2D eigenvalue weighted by Gasteiger charge is -2.32. The predicted octanol–water partition coefficient (Wildman–Crippen LogP) is -0.401. The molecular weight excluding hydrogens is 328 g/mol. The van der Waals surface area contributed by atoms with Crippen LogP contribution in [0, 0.1) is 5.92 Å². The van der Waals surface area contributed by atoms with Crippen molar-refractivity contribution < 1.29 is 24.5 Å². The third kappa shape index (κ3) is 1.97. The van der Waals surface area contributed by atoms with Gasteiger partial charge >= 0.3 is 5.97 Å². The van der Waals surface area contributed by atoms with Gasteiger partial charge in [0.1, 0.15) is 29.7 Å². The van der Waals surface area contributed by atoms with Crippen molar-refractivity contribution in [2.45, 2.75) is 50.3 Å². The molecule has 0 radical (unpaired) electrons. The molecule has 2 aliphatic rings. The normalized spacial score (nSPS) is 36.6. The molecule has 1 saturated carbocycles. The van der Waals surface area contributed by atoms with E-state index in [9.17, 15) is 15.0 Å². The second-order valence-corrected chi connectivity index (χ2v) is 7.11. The zero-order valence-electron chi connectivity index (χ0n) is 14.1. The molecule has 25 heavy (non-hydrogen) atoms.